The summed E-state index contributed by atoms with van der Waals surface area (Å²) in [4.78, 5) is 18.6. The first-order chi connectivity index (χ1) is 12.8. The van der Waals surface area contributed by atoms with Crippen LogP contribution in [0.4, 0.5) is 0 Å². The Bertz CT molecular complexity index is 884. The molecule has 1 fully saturated rings. The molecule has 7 nitrogen and oxygen atoms in total. The molecule has 0 saturated carbocycles. The number of piperidine rings is 1. The van der Waals surface area contributed by atoms with E-state index in [4.69, 9.17) is 4.52 Å². The van der Waals surface area contributed by atoms with Crippen LogP contribution in [0.25, 0.3) is 11.3 Å². The fraction of sp³-hybridized carbons (Fsp3) is 0.368. The third kappa shape index (κ3) is 3.88. The second-order valence-corrected chi connectivity index (χ2v) is 6.69. The summed E-state index contributed by atoms with van der Waals surface area (Å²) in [6, 6.07) is 9.08. The number of pyridine rings is 1. The fourth-order valence-corrected chi connectivity index (χ4v) is 3.38. The molecule has 4 rings (SSSR count). The quantitative estimate of drug-likeness (QED) is 0.701. The van der Waals surface area contributed by atoms with Crippen LogP contribution in [0.5, 0.6) is 0 Å². The molecule has 134 valence electrons. The Morgan fingerprint density at radius 2 is 1.88 bits per heavy atom. The van der Waals surface area contributed by atoms with Crippen LogP contribution in [0.3, 0.4) is 0 Å². The van der Waals surface area contributed by atoms with Gasteiger partial charge in [-0.25, -0.2) is 4.68 Å². The van der Waals surface area contributed by atoms with Crippen LogP contribution in [0.15, 0.2) is 58.3 Å². The van der Waals surface area contributed by atoms with Gasteiger partial charge in [-0.2, -0.15) is 5.10 Å². The van der Waals surface area contributed by atoms with Gasteiger partial charge >= 0.3 is 0 Å². The Kier molecular flexibility index (Phi) is 4.88. The lowest BCUT2D eigenvalue weighted by atomic mass is 9.96. The SMILES string of the molecule is O=c1ccc(-c2ccncc2)nn1CC1CCN(Cc2ccon2)CC1. The number of rotatable bonds is 5. The summed E-state index contributed by atoms with van der Waals surface area (Å²) in [5.74, 6) is 0.460. The zero-order valence-electron chi connectivity index (χ0n) is 14.5. The van der Waals surface area contributed by atoms with Gasteiger partial charge in [0.15, 0.2) is 0 Å². The van der Waals surface area contributed by atoms with E-state index in [-0.39, 0.29) is 5.56 Å². The zero-order valence-corrected chi connectivity index (χ0v) is 14.5. The molecule has 7 heteroatoms. The van der Waals surface area contributed by atoms with Gasteiger partial charge in [0.05, 0.1) is 11.4 Å². The highest BCUT2D eigenvalue weighted by molar-refractivity contribution is 5.56. The van der Waals surface area contributed by atoms with Crippen LogP contribution >= 0.6 is 0 Å². The standard InChI is InChI=1S/C19H21N5O2/c25-19-2-1-18(16-3-8-20-9-4-16)21-24(19)13-15-5-10-23(11-6-15)14-17-7-12-26-22-17/h1-4,7-9,12,15H,5-6,10-11,13-14H2. The minimum absolute atomic E-state index is 0.0483. The summed E-state index contributed by atoms with van der Waals surface area (Å²) >= 11 is 0. The maximum atomic E-state index is 12.2. The number of hydrogen-bond acceptors (Lipinski definition) is 6. The third-order valence-corrected chi connectivity index (χ3v) is 4.86. The highest BCUT2D eigenvalue weighted by atomic mass is 16.5. The highest BCUT2D eigenvalue weighted by Crippen LogP contribution is 2.20. The summed E-state index contributed by atoms with van der Waals surface area (Å²) in [6.45, 7) is 3.47. The average Bonchev–Trinajstić information content (AvgIpc) is 3.19. The van der Waals surface area contributed by atoms with Crippen molar-refractivity contribution in [3.8, 4) is 11.3 Å². The maximum absolute atomic E-state index is 12.2. The molecule has 0 aliphatic carbocycles. The molecule has 1 aliphatic heterocycles. The summed E-state index contributed by atoms with van der Waals surface area (Å²) < 4.78 is 6.49. The maximum Gasteiger partial charge on any atom is 0.266 e. The van der Waals surface area contributed by atoms with Crippen molar-refractivity contribution >= 4 is 0 Å². The van der Waals surface area contributed by atoms with Gasteiger partial charge in [0.1, 0.15) is 6.26 Å². The van der Waals surface area contributed by atoms with Gasteiger partial charge in [0.25, 0.3) is 5.56 Å². The monoisotopic (exact) mass is 351 g/mol. The molecule has 3 aromatic rings. The van der Waals surface area contributed by atoms with Crippen molar-refractivity contribution in [1.29, 1.82) is 0 Å². The molecule has 0 spiro atoms. The second kappa shape index (κ2) is 7.61. The molecule has 3 aromatic heterocycles. The van der Waals surface area contributed by atoms with Crippen molar-refractivity contribution in [2.45, 2.75) is 25.9 Å². The molecule has 4 heterocycles. The number of likely N-dealkylation sites (tertiary alicyclic amines) is 1. The largest absolute Gasteiger partial charge is 0.364 e. The Balaban J connectivity index is 1.39. The molecule has 26 heavy (non-hydrogen) atoms. The molecule has 0 atom stereocenters. The lowest BCUT2D eigenvalue weighted by molar-refractivity contribution is 0.160. The van der Waals surface area contributed by atoms with Crippen molar-refractivity contribution in [1.82, 2.24) is 24.8 Å². The van der Waals surface area contributed by atoms with E-state index >= 15 is 0 Å². The number of hydrogen-bond donors (Lipinski definition) is 0. The van der Waals surface area contributed by atoms with Crippen LogP contribution in [0.1, 0.15) is 18.5 Å². The number of aromatic nitrogens is 4. The van der Waals surface area contributed by atoms with Gasteiger partial charge < -0.3 is 4.52 Å². The minimum atomic E-state index is -0.0483. The first-order valence-corrected chi connectivity index (χ1v) is 8.88. The van der Waals surface area contributed by atoms with E-state index < -0.39 is 0 Å². The van der Waals surface area contributed by atoms with Crippen LogP contribution in [-0.2, 0) is 13.1 Å². The van der Waals surface area contributed by atoms with Gasteiger partial charge in [0.2, 0.25) is 0 Å². The molecule has 1 saturated heterocycles. The first kappa shape index (κ1) is 16.7. The molecule has 0 radical (unpaired) electrons. The van der Waals surface area contributed by atoms with Crippen molar-refractivity contribution in [2.24, 2.45) is 5.92 Å². The van der Waals surface area contributed by atoms with Crippen molar-refractivity contribution in [3.63, 3.8) is 0 Å². The van der Waals surface area contributed by atoms with Gasteiger partial charge in [0, 0.05) is 43.2 Å². The number of nitrogens with zero attached hydrogens (tertiary/aromatic N) is 5. The molecular formula is C19H21N5O2. The van der Waals surface area contributed by atoms with Gasteiger partial charge in [-0.15, -0.1) is 0 Å². The lowest BCUT2D eigenvalue weighted by Crippen LogP contribution is -2.36. The summed E-state index contributed by atoms with van der Waals surface area (Å²) in [6.07, 6.45) is 7.17. The van der Waals surface area contributed by atoms with Crippen LogP contribution in [-0.4, -0.2) is 37.9 Å². The van der Waals surface area contributed by atoms with Gasteiger partial charge in [-0.05, 0) is 50.0 Å². The van der Waals surface area contributed by atoms with E-state index in [1.54, 1.807) is 35.5 Å². The predicted molar refractivity (Wildman–Crippen MR) is 96.2 cm³/mol. The highest BCUT2D eigenvalue weighted by Gasteiger charge is 2.21. The molecule has 0 unspecified atom stereocenters. The van der Waals surface area contributed by atoms with E-state index in [9.17, 15) is 4.79 Å². The molecule has 1 aliphatic rings. The van der Waals surface area contributed by atoms with Crippen LogP contribution in [0.2, 0.25) is 0 Å². The van der Waals surface area contributed by atoms with Crippen molar-refractivity contribution < 1.29 is 4.52 Å². The van der Waals surface area contributed by atoms with Gasteiger partial charge in [-0.1, -0.05) is 5.16 Å². The van der Waals surface area contributed by atoms with Gasteiger partial charge in [-0.3, -0.25) is 14.7 Å². The summed E-state index contributed by atoms with van der Waals surface area (Å²) in [5.41, 5.74) is 2.69. The summed E-state index contributed by atoms with van der Waals surface area (Å²) in [7, 11) is 0. The second-order valence-electron chi connectivity index (χ2n) is 6.69. The van der Waals surface area contributed by atoms with E-state index in [0.29, 0.717) is 12.5 Å². The molecule has 0 amide bonds. The third-order valence-electron chi connectivity index (χ3n) is 4.86. The minimum Gasteiger partial charge on any atom is -0.364 e. The average molecular weight is 351 g/mol. The Labute approximate surface area is 151 Å². The Hall–Kier alpha value is -2.80. The predicted octanol–water partition coefficient (Wildman–Crippen LogP) is 2.21. The molecule has 0 aromatic carbocycles. The topological polar surface area (TPSA) is 77.0 Å². The Morgan fingerprint density at radius 1 is 1.08 bits per heavy atom. The summed E-state index contributed by atoms with van der Waals surface area (Å²) in [5, 5.41) is 8.53. The van der Waals surface area contributed by atoms with Crippen LogP contribution < -0.4 is 5.56 Å². The van der Waals surface area contributed by atoms with E-state index in [2.05, 4.69) is 20.1 Å². The molecular weight excluding hydrogens is 330 g/mol. The first-order valence-electron chi connectivity index (χ1n) is 8.88. The fourth-order valence-electron chi connectivity index (χ4n) is 3.38. The van der Waals surface area contributed by atoms with E-state index in [0.717, 1.165) is 49.4 Å². The van der Waals surface area contributed by atoms with Crippen LogP contribution in [0, 0.1) is 5.92 Å². The van der Waals surface area contributed by atoms with E-state index in [1.807, 2.05) is 18.2 Å². The zero-order chi connectivity index (χ0) is 17.8. The van der Waals surface area contributed by atoms with Crippen molar-refractivity contribution in [3.05, 3.63) is 65.0 Å². The normalized spacial score (nSPS) is 16.0. The van der Waals surface area contributed by atoms with Crippen molar-refractivity contribution in [2.75, 3.05) is 13.1 Å². The molecule has 0 N–H and O–H groups in total. The van der Waals surface area contributed by atoms with E-state index in [1.165, 1.54) is 0 Å². The lowest BCUT2D eigenvalue weighted by Gasteiger charge is -2.31. The molecule has 0 bridgehead atoms. The Morgan fingerprint density at radius 3 is 2.62 bits per heavy atom. The smallest absolute Gasteiger partial charge is 0.266 e.